The molecule has 0 unspecified atom stereocenters. The molecule has 2 amide bonds. The van der Waals surface area contributed by atoms with Gasteiger partial charge in [0, 0.05) is 0 Å². The van der Waals surface area contributed by atoms with Crippen molar-refractivity contribution in [2.24, 2.45) is 40.6 Å². The van der Waals surface area contributed by atoms with E-state index < -0.39 is 0 Å². The molecule has 1 aromatic carbocycles. The number of hydrazone groups is 1. The number of carbonyl (C=O) groups is 2. The molecule has 4 aliphatic carbocycles. The van der Waals surface area contributed by atoms with Crippen LogP contribution in [0.4, 0.5) is 0 Å². The van der Waals surface area contributed by atoms with E-state index in [1.165, 1.54) is 0 Å². The maximum absolute atomic E-state index is 12.9. The molecule has 2 bridgehead atoms. The van der Waals surface area contributed by atoms with Crippen LogP contribution in [0.5, 0.6) is 11.5 Å². The molecule has 1 aliphatic heterocycles. The number of nitrogens with zero attached hydrogens (tertiary/aromatic N) is 2. The molecule has 140 valence electrons. The first-order valence-electron chi connectivity index (χ1n) is 9.06. The lowest BCUT2D eigenvalue weighted by atomic mass is 9.63. The van der Waals surface area contributed by atoms with Crippen LogP contribution in [-0.4, -0.2) is 37.3 Å². The van der Waals surface area contributed by atoms with Crippen LogP contribution in [0.25, 0.3) is 0 Å². The molecule has 0 radical (unpaired) electrons. The molecule has 0 N–H and O–H groups in total. The smallest absolute Gasteiger partial charge is 0.254 e. The summed E-state index contributed by atoms with van der Waals surface area (Å²) in [5.74, 6) is 2.09. The van der Waals surface area contributed by atoms with Crippen LogP contribution >= 0.6 is 22.6 Å². The third-order valence-electron chi connectivity index (χ3n) is 6.42. The minimum Gasteiger partial charge on any atom is -0.493 e. The molecule has 1 heterocycles. The number of hydrogen-bond acceptors (Lipinski definition) is 5. The third-order valence-corrected chi connectivity index (χ3v) is 7.22. The monoisotopic (exact) mass is 478 g/mol. The van der Waals surface area contributed by atoms with Crippen LogP contribution in [-0.2, 0) is 9.59 Å². The highest BCUT2D eigenvalue weighted by atomic mass is 127. The summed E-state index contributed by atoms with van der Waals surface area (Å²) >= 11 is 2.16. The Hall–Kier alpha value is -1.90. The largest absolute Gasteiger partial charge is 0.493 e. The maximum atomic E-state index is 12.9. The van der Waals surface area contributed by atoms with E-state index in [1.54, 1.807) is 26.5 Å². The van der Waals surface area contributed by atoms with Gasteiger partial charge in [0.25, 0.3) is 11.8 Å². The number of ether oxygens (including phenoxy) is 2. The fraction of sp³-hybridized carbons (Fsp3) is 0.450. The quantitative estimate of drug-likeness (QED) is 0.289. The summed E-state index contributed by atoms with van der Waals surface area (Å²) in [4.78, 5) is 25.9. The van der Waals surface area contributed by atoms with Crippen LogP contribution in [0.1, 0.15) is 12.0 Å². The van der Waals surface area contributed by atoms with E-state index in [0.29, 0.717) is 23.3 Å². The predicted octanol–water partition coefficient (Wildman–Crippen LogP) is 2.70. The summed E-state index contributed by atoms with van der Waals surface area (Å²) in [7, 11) is 3.16. The van der Waals surface area contributed by atoms with Gasteiger partial charge in [0.15, 0.2) is 11.5 Å². The lowest BCUT2D eigenvalue weighted by Gasteiger charge is -2.37. The van der Waals surface area contributed by atoms with Gasteiger partial charge in [-0.1, -0.05) is 12.2 Å². The van der Waals surface area contributed by atoms with Crippen molar-refractivity contribution < 1.29 is 19.1 Å². The molecule has 1 saturated heterocycles. The molecule has 3 fully saturated rings. The number of carbonyl (C=O) groups excluding carboxylic acids is 2. The van der Waals surface area contributed by atoms with Gasteiger partial charge in [0.05, 0.1) is 35.8 Å². The Bertz CT molecular complexity index is 875. The van der Waals surface area contributed by atoms with Crippen molar-refractivity contribution in [3.63, 3.8) is 0 Å². The van der Waals surface area contributed by atoms with Gasteiger partial charge in [-0.25, -0.2) is 0 Å². The second-order valence-corrected chi connectivity index (χ2v) is 8.79. The summed E-state index contributed by atoms with van der Waals surface area (Å²) in [6.45, 7) is 0. The fourth-order valence-corrected chi connectivity index (χ4v) is 6.04. The number of rotatable bonds is 4. The van der Waals surface area contributed by atoms with Gasteiger partial charge >= 0.3 is 0 Å². The number of amides is 2. The van der Waals surface area contributed by atoms with Crippen molar-refractivity contribution in [2.75, 3.05) is 14.2 Å². The second kappa shape index (κ2) is 6.05. The second-order valence-electron chi connectivity index (χ2n) is 7.63. The van der Waals surface area contributed by atoms with Crippen molar-refractivity contribution in [1.82, 2.24) is 5.01 Å². The SMILES string of the molecule is COc1cc(/C=N\N2C(=O)[C@@H]3[C@H]4C=C[C@@H]([C@@H]5C[C@H]45)[C@@H]3C2=O)cc(I)c1OC. The van der Waals surface area contributed by atoms with Crippen LogP contribution in [0.2, 0.25) is 0 Å². The summed E-state index contributed by atoms with van der Waals surface area (Å²) in [6, 6.07) is 3.66. The molecule has 0 spiro atoms. The van der Waals surface area contributed by atoms with E-state index in [1.807, 2.05) is 6.07 Å². The first-order valence-corrected chi connectivity index (χ1v) is 10.1. The van der Waals surface area contributed by atoms with Gasteiger partial charge in [-0.05, 0) is 70.4 Å². The van der Waals surface area contributed by atoms with E-state index in [0.717, 1.165) is 20.6 Å². The molecule has 7 heteroatoms. The summed E-state index contributed by atoms with van der Waals surface area (Å²) < 4.78 is 11.6. The Morgan fingerprint density at radius 1 is 1.07 bits per heavy atom. The van der Waals surface area contributed by atoms with Crippen LogP contribution in [0.3, 0.4) is 0 Å². The number of allylic oxidation sites excluding steroid dienone is 2. The van der Waals surface area contributed by atoms with Crippen LogP contribution in [0.15, 0.2) is 29.4 Å². The Kier molecular flexibility index (Phi) is 3.86. The van der Waals surface area contributed by atoms with Gasteiger partial charge < -0.3 is 9.47 Å². The highest BCUT2D eigenvalue weighted by molar-refractivity contribution is 14.1. The highest BCUT2D eigenvalue weighted by Crippen LogP contribution is 2.65. The molecule has 6 nitrogen and oxygen atoms in total. The fourth-order valence-electron chi connectivity index (χ4n) is 5.19. The average molecular weight is 478 g/mol. The van der Waals surface area contributed by atoms with Crippen molar-refractivity contribution in [2.45, 2.75) is 6.42 Å². The van der Waals surface area contributed by atoms with Gasteiger partial charge in [0.2, 0.25) is 0 Å². The summed E-state index contributed by atoms with van der Waals surface area (Å²) in [5, 5.41) is 5.36. The van der Waals surface area contributed by atoms with Gasteiger partial charge in [-0.15, -0.1) is 0 Å². The third kappa shape index (κ3) is 2.40. The molecule has 5 aliphatic rings. The Balaban J connectivity index is 1.43. The summed E-state index contributed by atoms with van der Waals surface area (Å²) in [6.07, 6.45) is 7.03. The number of imide groups is 1. The van der Waals surface area contributed by atoms with E-state index in [4.69, 9.17) is 9.47 Å². The Morgan fingerprint density at radius 2 is 1.70 bits per heavy atom. The first-order chi connectivity index (χ1) is 13.0. The van der Waals surface area contributed by atoms with Gasteiger partial charge in [-0.2, -0.15) is 10.1 Å². The first kappa shape index (κ1) is 17.2. The Morgan fingerprint density at radius 3 is 2.26 bits per heavy atom. The molecular formula is C20H19IN2O4. The minimum atomic E-state index is -0.223. The molecule has 6 atom stereocenters. The molecule has 0 aromatic heterocycles. The number of benzene rings is 1. The highest BCUT2D eigenvalue weighted by Gasteiger charge is 2.67. The van der Waals surface area contributed by atoms with Crippen LogP contribution in [0, 0.1) is 39.1 Å². The zero-order valence-electron chi connectivity index (χ0n) is 15.0. The maximum Gasteiger partial charge on any atom is 0.254 e. The molecule has 1 aromatic rings. The topological polar surface area (TPSA) is 68.2 Å². The van der Waals surface area contributed by atoms with Crippen molar-refractivity contribution in [3.05, 3.63) is 33.4 Å². The number of hydrogen-bond donors (Lipinski definition) is 0. The lowest BCUT2D eigenvalue weighted by Crippen LogP contribution is -2.40. The van der Waals surface area contributed by atoms with E-state index >= 15 is 0 Å². The average Bonchev–Trinajstić information content (AvgIpc) is 3.45. The number of halogens is 1. The standard InChI is InChI=1S/C20H19IN2O4/c1-26-15-6-9(5-14(21)18(15)27-2)8-22-23-19(24)16-10-3-4-11(13-7-12(10)13)17(16)20(23)25/h3-6,8,10-13,16-17H,7H2,1-2H3/b22-8-/t10-,11-,12-,13+,16-,17+/m0/s1. The van der Waals surface area contributed by atoms with Crippen molar-refractivity contribution >= 4 is 40.6 Å². The van der Waals surface area contributed by atoms with E-state index in [-0.39, 0.29) is 35.5 Å². The molecular weight excluding hydrogens is 459 g/mol. The lowest BCUT2D eigenvalue weighted by molar-refractivity contribution is -0.140. The molecule has 27 heavy (non-hydrogen) atoms. The minimum absolute atomic E-state index is 0.152. The van der Waals surface area contributed by atoms with Gasteiger partial charge in [0.1, 0.15) is 0 Å². The van der Waals surface area contributed by atoms with Crippen LogP contribution < -0.4 is 9.47 Å². The predicted molar refractivity (Wildman–Crippen MR) is 106 cm³/mol. The van der Waals surface area contributed by atoms with E-state index in [2.05, 4.69) is 39.8 Å². The summed E-state index contributed by atoms with van der Waals surface area (Å²) in [5.41, 5.74) is 0.747. The zero-order chi connectivity index (χ0) is 18.9. The molecule has 6 rings (SSSR count). The molecule has 2 saturated carbocycles. The van der Waals surface area contributed by atoms with E-state index in [9.17, 15) is 9.59 Å². The van der Waals surface area contributed by atoms with Crippen molar-refractivity contribution in [1.29, 1.82) is 0 Å². The zero-order valence-corrected chi connectivity index (χ0v) is 17.1. The van der Waals surface area contributed by atoms with Crippen molar-refractivity contribution in [3.8, 4) is 11.5 Å². The normalized spacial score (nSPS) is 35.6. The Labute approximate surface area is 170 Å². The van der Waals surface area contributed by atoms with Gasteiger partial charge in [-0.3, -0.25) is 9.59 Å². The number of methoxy groups -OCH3 is 2.